The molecule has 0 aliphatic heterocycles. The zero-order valence-corrected chi connectivity index (χ0v) is 25.4. The maximum Gasteiger partial charge on any atom is 0.234 e. The summed E-state index contributed by atoms with van der Waals surface area (Å²) in [5.41, 5.74) is 9.43. The van der Waals surface area contributed by atoms with E-state index in [4.69, 9.17) is 15.4 Å². The van der Waals surface area contributed by atoms with E-state index in [2.05, 4.69) is 92.2 Å². The SMILES string of the molecule is BC(B)(B)C(B)(n1nc(-c2ccc(C(C)C(=O)Nc3cc(CC(C)(C)C)no3)cc2)c(C#N)c1N)C(B)(B)B. The number of nitrogens with one attached hydrogen (secondary N) is 1. The molecule has 1 amide bonds. The second-order valence-corrected chi connectivity index (χ2v) is 14.0. The van der Waals surface area contributed by atoms with E-state index >= 15 is 0 Å². The fourth-order valence-electron chi connectivity index (χ4n) is 5.15. The third-order valence-corrected chi connectivity index (χ3v) is 7.97. The molecular weight excluding hydrogens is 480 g/mol. The Balaban J connectivity index is 1.89. The quantitative estimate of drug-likeness (QED) is 0.320. The molecule has 0 aliphatic rings. The van der Waals surface area contributed by atoms with Gasteiger partial charge in [0.2, 0.25) is 11.8 Å². The molecule has 1 unspecified atom stereocenters. The minimum Gasteiger partial charge on any atom is -0.383 e. The van der Waals surface area contributed by atoms with Crippen LogP contribution >= 0.6 is 0 Å². The number of rotatable bonds is 8. The molecule has 0 bridgehead atoms. The number of nitrogens with two attached hydrogens (primary N) is 1. The van der Waals surface area contributed by atoms with E-state index in [1.807, 2.05) is 35.9 Å². The van der Waals surface area contributed by atoms with Crippen molar-refractivity contribution in [3.05, 3.63) is 47.2 Å². The molecule has 0 spiro atoms. The van der Waals surface area contributed by atoms with Crippen molar-refractivity contribution < 1.29 is 9.32 Å². The van der Waals surface area contributed by atoms with Crippen LogP contribution in [0, 0.1) is 16.7 Å². The lowest BCUT2D eigenvalue weighted by atomic mass is 9.18. The largest absolute Gasteiger partial charge is 0.383 e. The van der Waals surface area contributed by atoms with Gasteiger partial charge < -0.3 is 10.3 Å². The van der Waals surface area contributed by atoms with Gasteiger partial charge in [-0.1, -0.05) is 60.4 Å². The molecule has 0 saturated carbocycles. The number of hydrogen-bond acceptors (Lipinski definition) is 6. The lowest BCUT2D eigenvalue weighted by molar-refractivity contribution is -0.117. The van der Waals surface area contributed by atoms with Crippen LogP contribution in [0.25, 0.3) is 11.3 Å². The van der Waals surface area contributed by atoms with Gasteiger partial charge in [0.1, 0.15) is 31.0 Å². The molecule has 0 fully saturated rings. The van der Waals surface area contributed by atoms with E-state index in [-0.39, 0.29) is 21.5 Å². The van der Waals surface area contributed by atoms with Gasteiger partial charge in [0.15, 0.2) is 0 Å². The van der Waals surface area contributed by atoms with Crippen LogP contribution in [0.3, 0.4) is 0 Å². The Hall–Kier alpha value is -3.15. The zero-order valence-electron chi connectivity index (χ0n) is 25.4. The molecule has 0 radical (unpaired) electrons. The first-order chi connectivity index (χ1) is 17.8. The van der Waals surface area contributed by atoms with Gasteiger partial charge in [-0.3, -0.25) is 14.8 Å². The topological polar surface area (TPSA) is 123 Å². The van der Waals surface area contributed by atoms with Gasteiger partial charge in [0.05, 0.1) is 58.7 Å². The summed E-state index contributed by atoms with van der Waals surface area (Å²) in [5, 5.41) is 21.4. The summed E-state index contributed by atoms with van der Waals surface area (Å²) in [6.45, 7) is 8.20. The molecule has 3 aromatic rings. The van der Waals surface area contributed by atoms with Gasteiger partial charge in [0, 0.05) is 17.1 Å². The summed E-state index contributed by atoms with van der Waals surface area (Å²) in [4.78, 5) is 12.9. The third kappa shape index (κ3) is 6.05. The van der Waals surface area contributed by atoms with Crippen molar-refractivity contribution in [1.29, 1.82) is 5.26 Å². The normalized spacial score (nSPS) is 13.5. The number of benzene rings is 1. The number of aromatic nitrogens is 3. The van der Waals surface area contributed by atoms with Crippen LogP contribution in [0.15, 0.2) is 34.9 Å². The highest BCUT2D eigenvalue weighted by molar-refractivity contribution is 6.68. The van der Waals surface area contributed by atoms with Crippen molar-refractivity contribution in [1.82, 2.24) is 14.9 Å². The van der Waals surface area contributed by atoms with Crippen LogP contribution in [-0.4, -0.2) is 75.8 Å². The first-order valence-electron chi connectivity index (χ1n) is 13.5. The van der Waals surface area contributed by atoms with Crippen LogP contribution < -0.4 is 11.1 Å². The highest BCUT2D eigenvalue weighted by Crippen LogP contribution is 2.48. The van der Waals surface area contributed by atoms with Crippen molar-refractivity contribution >= 4 is 72.5 Å². The van der Waals surface area contributed by atoms with Gasteiger partial charge in [-0.25, -0.2) is 0 Å². The van der Waals surface area contributed by atoms with E-state index < -0.39 is 11.4 Å². The molecule has 1 atom stereocenters. The Labute approximate surface area is 238 Å². The molecule has 0 aliphatic carbocycles. The van der Waals surface area contributed by atoms with Gasteiger partial charge in [-0.2, -0.15) is 10.4 Å². The molecule has 2 aromatic heterocycles. The second-order valence-electron chi connectivity index (χ2n) is 14.0. The number of anilines is 2. The van der Waals surface area contributed by atoms with Crippen molar-refractivity contribution in [2.45, 2.75) is 55.7 Å². The standard InChI is InChI=1S/C24H37B7N6O2/c1-12(20(38)34-17-9-15(36-39-17)10-21(2,3)4)13-5-7-14(8-6-13)18-16(11-32)19(33)37(35-18)22(25,23(26,27)28)24(29,30)31/h5-9,12H,10,25-31,33H2,1-4H3,(H,34,38). The Bertz CT molecular complexity index is 1380. The van der Waals surface area contributed by atoms with E-state index in [0.29, 0.717) is 23.0 Å². The minimum atomic E-state index is -0.478. The fourth-order valence-corrected chi connectivity index (χ4v) is 5.15. The Morgan fingerprint density at radius 2 is 1.67 bits per heavy atom. The Kier molecular flexibility index (Phi) is 8.14. The molecule has 39 heavy (non-hydrogen) atoms. The van der Waals surface area contributed by atoms with Crippen molar-refractivity contribution in [3.8, 4) is 17.3 Å². The zero-order chi connectivity index (χ0) is 29.6. The highest BCUT2D eigenvalue weighted by Gasteiger charge is 2.49. The molecule has 15 heteroatoms. The van der Waals surface area contributed by atoms with Gasteiger partial charge in [0.25, 0.3) is 0 Å². The number of nitrogen functional groups attached to an aromatic ring is 1. The van der Waals surface area contributed by atoms with Crippen molar-refractivity contribution in [2.75, 3.05) is 11.1 Å². The van der Waals surface area contributed by atoms with Crippen LogP contribution in [0.1, 0.15) is 50.4 Å². The molecule has 3 rings (SSSR count). The highest BCUT2D eigenvalue weighted by atomic mass is 16.5. The van der Waals surface area contributed by atoms with Crippen molar-refractivity contribution in [2.24, 2.45) is 5.41 Å². The summed E-state index contributed by atoms with van der Waals surface area (Å²) >= 11 is 0. The summed E-state index contributed by atoms with van der Waals surface area (Å²) in [6, 6.07) is 11.6. The molecular formula is C24H37B7N6O2. The van der Waals surface area contributed by atoms with Gasteiger partial charge in [-0.15, -0.1) is 0 Å². The molecule has 8 nitrogen and oxygen atoms in total. The maximum absolute atomic E-state index is 12.9. The number of nitriles is 1. The predicted octanol–water partition coefficient (Wildman–Crippen LogP) is -2.45. The van der Waals surface area contributed by atoms with Crippen molar-refractivity contribution in [3.63, 3.8) is 0 Å². The summed E-state index contributed by atoms with van der Waals surface area (Å²) in [6.07, 6.45) is 0.749. The number of carbonyl (C=O) groups is 1. The van der Waals surface area contributed by atoms with E-state index in [1.54, 1.807) is 6.07 Å². The summed E-state index contributed by atoms with van der Waals surface area (Å²) in [7, 11) is 15.1. The Morgan fingerprint density at radius 1 is 1.10 bits per heavy atom. The molecule has 3 N–H and O–H groups in total. The Morgan fingerprint density at radius 3 is 2.15 bits per heavy atom. The number of carbonyl (C=O) groups excluding carboxylic acids is 1. The van der Waals surface area contributed by atoms with Crippen LogP contribution in [-0.2, 0) is 16.7 Å². The fraction of sp³-hybridized carbons (Fsp3) is 0.417. The summed E-state index contributed by atoms with van der Waals surface area (Å²) in [5.74, 6) is 0.0645. The third-order valence-electron chi connectivity index (χ3n) is 7.97. The number of amides is 1. The first kappa shape index (κ1) is 30.4. The molecule has 2 heterocycles. The minimum absolute atomic E-state index is 0.0667. The predicted molar refractivity (Wildman–Crippen MR) is 177 cm³/mol. The average Bonchev–Trinajstić information content (AvgIpc) is 3.38. The maximum atomic E-state index is 12.9. The number of nitrogens with zero attached hydrogens (tertiary/aromatic N) is 4. The van der Waals surface area contributed by atoms with Gasteiger partial charge >= 0.3 is 0 Å². The monoisotopic (exact) mass is 518 g/mol. The van der Waals surface area contributed by atoms with E-state index in [1.165, 1.54) is 0 Å². The van der Waals surface area contributed by atoms with Gasteiger partial charge in [-0.05, 0) is 24.3 Å². The molecule has 1 aromatic carbocycles. The second kappa shape index (κ2) is 10.4. The molecule has 196 valence electrons. The first-order valence-corrected chi connectivity index (χ1v) is 13.5. The van der Waals surface area contributed by atoms with Crippen LogP contribution in [0.4, 0.5) is 11.7 Å². The smallest absolute Gasteiger partial charge is 0.234 e. The molecule has 0 saturated heterocycles. The summed E-state index contributed by atoms with van der Waals surface area (Å²) < 4.78 is 7.15. The van der Waals surface area contributed by atoms with E-state index in [9.17, 15) is 10.1 Å². The number of hydrogen-bond donors (Lipinski definition) is 2. The average molecular weight is 517 g/mol. The van der Waals surface area contributed by atoms with Crippen LogP contribution in [0.2, 0.25) is 10.2 Å². The lowest BCUT2D eigenvalue weighted by Crippen LogP contribution is -2.57. The van der Waals surface area contributed by atoms with Crippen LogP contribution in [0.5, 0.6) is 0 Å². The van der Waals surface area contributed by atoms with E-state index in [0.717, 1.165) is 23.2 Å². The lowest BCUT2D eigenvalue weighted by Gasteiger charge is -2.53.